The molecule has 0 saturated heterocycles. The molecule has 0 aliphatic heterocycles. The molecule has 0 aliphatic carbocycles. The molecule has 0 radical (unpaired) electrons. The number of hydrogen-bond donors (Lipinski definition) is 1. The largest absolute Gasteiger partial charge is 0.345 e. The van der Waals surface area contributed by atoms with Gasteiger partial charge in [-0.15, -0.1) is 11.3 Å². The second-order valence-electron chi connectivity index (χ2n) is 5.91. The molecule has 1 aromatic carbocycles. The van der Waals surface area contributed by atoms with Gasteiger partial charge < -0.3 is 5.32 Å². The van der Waals surface area contributed by atoms with Gasteiger partial charge in [-0.25, -0.2) is 0 Å². The van der Waals surface area contributed by atoms with Gasteiger partial charge in [0.05, 0.1) is 11.6 Å². The SMILES string of the molecule is CCc1cc(C(=O)N[C@@H](CC)c2ccc(C(C)C)cc2)cs1. The highest BCUT2D eigenvalue weighted by Gasteiger charge is 2.15. The van der Waals surface area contributed by atoms with Gasteiger partial charge in [-0.2, -0.15) is 0 Å². The summed E-state index contributed by atoms with van der Waals surface area (Å²) in [7, 11) is 0. The Morgan fingerprint density at radius 2 is 1.77 bits per heavy atom. The second kappa shape index (κ2) is 7.59. The third-order valence-corrected chi connectivity index (χ3v) is 5.06. The highest BCUT2D eigenvalue weighted by molar-refractivity contribution is 7.10. The molecule has 2 rings (SSSR count). The van der Waals surface area contributed by atoms with E-state index in [1.807, 2.05) is 11.4 Å². The summed E-state index contributed by atoms with van der Waals surface area (Å²) in [6.45, 7) is 8.59. The lowest BCUT2D eigenvalue weighted by Gasteiger charge is -2.18. The zero-order valence-corrected chi connectivity index (χ0v) is 14.7. The number of benzene rings is 1. The number of nitrogens with one attached hydrogen (secondary N) is 1. The van der Waals surface area contributed by atoms with Crippen molar-refractivity contribution in [2.75, 3.05) is 0 Å². The molecule has 1 atom stereocenters. The molecule has 1 aromatic heterocycles. The van der Waals surface area contributed by atoms with E-state index < -0.39 is 0 Å². The number of carbonyl (C=O) groups excluding carboxylic acids is 1. The van der Waals surface area contributed by atoms with Crippen molar-refractivity contribution in [3.05, 3.63) is 57.3 Å². The summed E-state index contributed by atoms with van der Waals surface area (Å²) in [4.78, 5) is 13.6. The molecule has 1 amide bonds. The van der Waals surface area contributed by atoms with Crippen LogP contribution in [0.1, 0.15) is 72.4 Å². The summed E-state index contributed by atoms with van der Waals surface area (Å²) in [5.41, 5.74) is 3.28. The highest BCUT2D eigenvalue weighted by Crippen LogP contribution is 2.22. The maximum Gasteiger partial charge on any atom is 0.252 e. The van der Waals surface area contributed by atoms with Crippen LogP contribution < -0.4 is 5.32 Å². The quantitative estimate of drug-likeness (QED) is 0.768. The minimum atomic E-state index is 0.0238. The molecular formula is C19H25NOS. The van der Waals surface area contributed by atoms with Gasteiger partial charge in [-0.1, -0.05) is 52.0 Å². The van der Waals surface area contributed by atoms with Gasteiger partial charge in [0.15, 0.2) is 0 Å². The average molecular weight is 315 g/mol. The molecule has 1 N–H and O–H groups in total. The molecule has 3 heteroatoms. The van der Waals surface area contributed by atoms with Crippen molar-refractivity contribution < 1.29 is 4.79 Å². The zero-order chi connectivity index (χ0) is 16.1. The van der Waals surface area contributed by atoms with Gasteiger partial charge in [-0.3, -0.25) is 4.79 Å². The molecule has 118 valence electrons. The monoisotopic (exact) mass is 315 g/mol. The number of hydrogen-bond acceptors (Lipinski definition) is 2. The van der Waals surface area contributed by atoms with Crippen LogP contribution in [0.2, 0.25) is 0 Å². The summed E-state index contributed by atoms with van der Waals surface area (Å²) in [6.07, 6.45) is 1.86. The second-order valence-corrected chi connectivity index (χ2v) is 6.91. The van der Waals surface area contributed by atoms with Crippen LogP contribution in [0.15, 0.2) is 35.7 Å². The first-order valence-corrected chi connectivity index (χ1v) is 8.91. The van der Waals surface area contributed by atoms with Crippen molar-refractivity contribution in [1.29, 1.82) is 0 Å². The van der Waals surface area contributed by atoms with Crippen LogP contribution in [0, 0.1) is 0 Å². The molecule has 0 spiro atoms. The Labute approximate surface area is 137 Å². The maximum atomic E-state index is 12.4. The molecule has 0 saturated carbocycles. The smallest absolute Gasteiger partial charge is 0.252 e. The van der Waals surface area contributed by atoms with E-state index >= 15 is 0 Å². The molecule has 2 aromatic rings. The normalized spacial score (nSPS) is 12.4. The van der Waals surface area contributed by atoms with E-state index in [1.54, 1.807) is 11.3 Å². The van der Waals surface area contributed by atoms with Gasteiger partial charge in [0.25, 0.3) is 5.91 Å². The third-order valence-electron chi connectivity index (χ3n) is 3.98. The van der Waals surface area contributed by atoms with Crippen LogP contribution in [-0.4, -0.2) is 5.91 Å². The standard InChI is InChI=1S/C19H25NOS/c1-5-17-11-16(12-22-17)19(21)20-18(6-2)15-9-7-14(8-10-15)13(3)4/h7-13,18H,5-6H2,1-4H3,(H,20,21)/t18-/m0/s1. The van der Waals surface area contributed by atoms with Gasteiger partial charge in [0.1, 0.15) is 0 Å². The van der Waals surface area contributed by atoms with Gasteiger partial charge in [0, 0.05) is 10.3 Å². The first kappa shape index (κ1) is 16.8. The van der Waals surface area contributed by atoms with Crippen LogP contribution >= 0.6 is 11.3 Å². The Bertz CT molecular complexity index is 613. The van der Waals surface area contributed by atoms with Crippen LogP contribution in [-0.2, 0) is 6.42 Å². The predicted octanol–water partition coefficient (Wildman–Crippen LogP) is 5.32. The van der Waals surface area contributed by atoms with Crippen LogP contribution in [0.3, 0.4) is 0 Å². The number of rotatable bonds is 6. The molecule has 0 unspecified atom stereocenters. The topological polar surface area (TPSA) is 29.1 Å². The van der Waals surface area contributed by atoms with Crippen LogP contribution in [0.25, 0.3) is 0 Å². The van der Waals surface area contributed by atoms with E-state index in [4.69, 9.17) is 0 Å². The van der Waals surface area contributed by atoms with Crippen molar-refractivity contribution in [2.24, 2.45) is 0 Å². The molecule has 1 heterocycles. The van der Waals surface area contributed by atoms with Crippen molar-refractivity contribution in [1.82, 2.24) is 5.32 Å². The first-order chi connectivity index (χ1) is 10.5. The molecular weight excluding hydrogens is 290 g/mol. The molecule has 0 aliphatic rings. The third kappa shape index (κ3) is 3.98. The Kier molecular flexibility index (Phi) is 5.78. The average Bonchev–Trinajstić information content (AvgIpc) is 3.01. The Morgan fingerprint density at radius 1 is 1.14 bits per heavy atom. The maximum absolute atomic E-state index is 12.4. The fourth-order valence-electron chi connectivity index (χ4n) is 2.46. The fourth-order valence-corrected chi connectivity index (χ4v) is 3.28. The van der Waals surface area contributed by atoms with Gasteiger partial charge >= 0.3 is 0 Å². The Morgan fingerprint density at radius 3 is 2.27 bits per heavy atom. The number of thiophene rings is 1. The van der Waals surface area contributed by atoms with Crippen LogP contribution in [0.4, 0.5) is 0 Å². The summed E-state index contributed by atoms with van der Waals surface area (Å²) in [6, 6.07) is 10.7. The highest BCUT2D eigenvalue weighted by atomic mass is 32.1. The lowest BCUT2D eigenvalue weighted by Crippen LogP contribution is -2.27. The van der Waals surface area contributed by atoms with Crippen LogP contribution in [0.5, 0.6) is 0 Å². The van der Waals surface area contributed by atoms with E-state index in [9.17, 15) is 4.79 Å². The van der Waals surface area contributed by atoms with Crippen molar-refractivity contribution >= 4 is 17.2 Å². The van der Waals surface area contributed by atoms with E-state index in [0.29, 0.717) is 5.92 Å². The Balaban J connectivity index is 2.09. The number of carbonyl (C=O) groups is 1. The van der Waals surface area contributed by atoms with Crippen molar-refractivity contribution in [3.8, 4) is 0 Å². The van der Waals surface area contributed by atoms with Crippen molar-refractivity contribution in [2.45, 2.75) is 52.5 Å². The molecule has 2 nitrogen and oxygen atoms in total. The minimum absolute atomic E-state index is 0.0238. The Hall–Kier alpha value is -1.61. The van der Waals surface area contributed by atoms with Gasteiger partial charge in [0.2, 0.25) is 0 Å². The molecule has 22 heavy (non-hydrogen) atoms. The number of amides is 1. The molecule has 0 fully saturated rings. The zero-order valence-electron chi connectivity index (χ0n) is 13.8. The summed E-state index contributed by atoms with van der Waals surface area (Å²) < 4.78 is 0. The lowest BCUT2D eigenvalue weighted by atomic mass is 9.98. The summed E-state index contributed by atoms with van der Waals surface area (Å²) >= 11 is 1.65. The van der Waals surface area contributed by atoms with Crippen molar-refractivity contribution in [3.63, 3.8) is 0 Å². The lowest BCUT2D eigenvalue weighted by molar-refractivity contribution is 0.0936. The van der Waals surface area contributed by atoms with E-state index in [2.05, 4.69) is 57.3 Å². The van der Waals surface area contributed by atoms with E-state index in [1.165, 1.54) is 16.0 Å². The van der Waals surface area contributed by atoms with E-state index in [0.717, 1.165) is 18.4 Å². The summed E-state index contributed by atoms with van der Waals surface area (Å²) in [5.74, 6) is 0.553. The summed E-state index contributed by atoms with van der Waals surface area (Å²) in [5, 5.41) is 5.10. The number of aryl methyl sites for hydroxylation is 1. The van der Waals surface area contributed by atoms with E-state index in [-0.39, 0.29) is 11.9 Å². The minimum Gasteiger partial charge on any atom is -0.345 e. The van der Waals surface area contributed by atoms with Gasteiger partial charge in [-0.05, 0) is 36.0 Å². The molecule has 0 bridgehead atoms. The predicted molar refractivity (Wildman–Crippen MR) is 94.7 cm³/mol. The first-order valence-electron chi connectivity index (χ1n) is 8.03. The fraction of sp³-hybridized carbons (Fsp3) is 0.421.